The van der Waals surface area contributed by atoms with Gasteiger partial charge in [-0.3, -0.25) is 4.79 Å². The zero-order valence-corrected chi connectivity index (χ0v) is 18.3. The topological polar surface area (TPSA) is 56.9 Å². The zero-order valence-electron chi connectivity index (χ0n) is 18.3. The Morgan fingerprint density at radius 2 is 1.81 bits per heavy atom. The number of aromatic amines is 1. The van der Waals surface area contributed by atoms with Gasteiger partial charge in [-0.05, 0) is 67.9 Å². The number of benzene rings is 2. The van der Waals surface area contributed by atoms with Crippen molar-refractivity contribution < 1.29 is 4.79 Å². The molecule has 1 saturated carbocycles. The molecule has 0 aliphatic heterocycles. The average Bonchev–Trinajstić information content (AvgIpc) is 3.18. The third-order valence-electron chi connectivity index (χ3n) is 7.02. The van der Waals surface area contributed by atoms with Crippen LogP contribution in [-0.2, 0) is 17.6 Å². The van der Waals surface area contributed by atoms with Gasteiger partial charge in [-0.1, -0.05) is 49.6 Å². The highest BCUT2D eigenvalue weighted by molar-refractivity contribution is 5.95. The monoisotopic (exact) mass is 415 g/mol. The van der Waals surface area contributed by atoms with Crippen LogP contribution in [-0.4, -0.2) is 16.9 Å². The molecule has 1 unspecified atom stereocenters. The number of aromatic nitrogens is 1. The first-order chi connectivity index (χ1) is 15.3. The summed E-state index contributed by atoms with van der Waals surface area (Å²) in [5.41, 5.74) is 6.10. The number of anilines is 1. The Bertz CT molecular complexity index is 1030. The molecule has 0 spiro atoms. The van der Waals surface area contributed by atoms with Gasteiger partial charge in [0, 0.05) is 40.8 Å². The number of nitrogens with one attached hydrogen (secondary N) is 3. The number of rotatable bonds is 6. The van der Waals surface area contributed by atoms with Crippen LogP contribution < -0.4 is 10.6 Å². The van der Waals surface area contributed by atoms with E-state index in [0.717, 1.165) is 18.5 Å². The molecular weight excluding hydrogens is 382 g/mol. The van der Waals surface area contributed by atoms with Crippen molar-refractivity contribution in [2.75, 3.05) is 5.32 Å². The summed E-state index contributed by atoms with van der Waals surface area (Å²) in [6.07, 6.45) is 11.5. The molecule has 3 N–H and O–H groups in total. The summed E-state index contributed by atoms with van der Waals surface area (Å²) in [5.74, 6) is 0.0736. The molecule has 1 aromatic heterocycles. The highest BCUT2D eigenvalue weighted by Gasteiger charge is 2.27. The van der Waals surface area contributed by atoms with Crippen molar-refractivity contribution >= 4 is 22.5 Å². The quantitative estimate of drug-likeness (QED) is 0.460. The summed E-state index contributed by atoms with van der Waals surface area (Å²) in [6.45, 7) is 0. The highest BCUT2D eigenvalue weighted by atomic mass is 16.1. The van der Waals surface area contributed by atoms with Gasteiger partial charge in [0.15, 0.2) is 0 Å². The molecule has 1 heterocycles. The minimum atomic E-state index is 0.0736. The molecule has 4 heteroatoms. The van der Waals surface area contributed by atoms with Gasteiger partial charge >= 0.3 is 0 Å². The van der Waals surface area contributed by atoms with Crippen LogP contribution >= 0.6 is 0 Å². The van der Waals surface area contributed by atoms with E-state index in [1.807, 2.05) is 24.3 Å². The normalized spacial score (nSPS) is 19.3. The molecule has 4 nitrogen and oxygen atoms in total. The lowest BCUT2D eigenvalue weighted by Gasteiger charge is -2.31. The summed E-state index contributed by atoms with van der Waals surface area (Å²) in [4.78, 5) is 16.2. The van der Waals surface area contributed by atoms with E-state index in [1.54, 1.807) is 0 Å². The van der Waals surface area contributed by atoms with E-state index >= 15 is 0 Å². The minimum absolute atomic E-state index is 0.0736. The van der Waals surface area contributed by atoms with Crippen molar-refractivity contribution in [1.29, 1.82) is 0 Å². The molecule has 1 fully saturated rings. The number of amides is 1. The van der Waals surface area contributed by atoms with Crippen LogP contribution in [0.3, 0.4) is 0 Å². The lowest BCUT2D eigenvalue weighted by atomic mass is 9.89. The molecule has 0 saturated heterocycles. The van der Waals surface area contributed by atoms with Crippen LogP contribution in [0.25, 0.3) is 10.9 Å². The number of aryl methyl sites for hydroxylation is 2. The van der Waals surface area contributed by atoms with Gasteiger partial charge in [0.1, 0.15) is 0 Å². The SMILES string of the molecule is O=C(CCc1ccccc1)Nc1ccc2[nH]c3c(c2c1)CCCC3NC1CCCCC1. The third kappa shape index (κ3) is 4.69. The molecule has 5 rings (SSSR count). The number of hydrogen-bond donors (Lipinski definition) is 3. The smallest absolute Gasteiger partial charge is 0.224 e. The maximum absolute atomic E-state index is 12.5. The number of fused-ring (bicyclic) bond motifs is 3. The fraction of sp³-hybridized carbons (Fsp3) is 0.444. The second-order valence-electron chi connectivity index (χ2n) is 9.26. The summed E-state index contributed by atoms with van der Waals surface area (Å²) in [5, 5.41) is 8.33. The average molecular weight is 416 g/mol. The van der Waals surface area contributed by atoms with Crippen LogP contribution in [0.2, 0.25) is 0 Å². The second kappa shape index (κ2) is 9.27. The summed E-state index contributed by atoms with van der Waals surface area (Å²) in [7, 11) is 0. The minimum Gasteiger partial charge on any atom is -0.357 e. The van der Waals surface area contributed by atoms with E-state index in [1.165, 1.54) is 72.7 Å². The summed E-state index contributed by atoms with van der Waals surface area (Å²) in [6, 6.07) is 17.6. The number of carbonyl (C=O) groups excluding carboxylic acids is 1. The molecule has 2 aliphatic rings. The van der Waals surface area contributed by atoms with E-state index in [4.69, 9.17) is 0 Å². The predicted molar refractivity (Wildman–Crippen MR) is 127 cm³/mol. The molecular formula is C27H33N3O. The summed E-state index contributed by atoms with van der Waals surface area (Å²) >= 11 is 0. The molecule has 31 heavy (non-hydrogen) atoms. The van der Waals surface area contributed by atoms with Gasteiger partial charge in [-0.15, -0.1) is 0 Å². The van der Waals surface area contributed by atoms with Gasteiger partial charge in [-0.2, -0.15) is 0 Å². The molecule has 0 bridgehead atoms. The van der Waals surface area contributed by atoms with E-state index in [0.29, 0.717) is 18.5 Å². The Labute approximate surface area is 184 Å². The van der Waals surface area contributed by atoms with E-state index in [2.05, 4.69) is 39.9 Å². The fourth-order valence-electron chi connectivity index (χ4n) is 5.39. The van der Waals surface area contributed by atoms with Gasteiger partial charge in [0.2, 0.25) is 5.91 Å². The maximum atomic E-state index is 12.5. The Balaban J connectivity index is 1.29. The Morgan fingerprint density at radius 3 is 2.65 bits per heavy atom. The molecule has 0 radical (unpaired) electrons. The largest absolute Gasteiger partial charge is 0.357 e. The molecule has 3 aromatic rings. The van der Waals surface area contributed by atoms with Crippen molar-refractivity contribution in [1.82, 2.24) is 10.3 Å². The predicted octanol–water partition coefficient (Wildman–Crippen LogP) is 6.04. The molecule has 2 aromatic carbocycles. The maximum Gasteiger partial charge on any atom is 0.224 e. The fourth-order valence-corrected chi connectivity index (χ4v) is 5.39. The van der Waals surface area contributed by atoms with Crippen molar-refractivity contribution in [3.05, 3.63) is 65.4 Å². The molecule has 1 amide bonds. The van der Waals surface area contributed by atoms with Crippen molar-refractivity contribution in [2.24, 2.45) is 0 Å². The third-order valence-corrected chi connectivity index (χ3v) is 7.02. The van der Waals surface area contributed by atoms with Crippen LogP contribution in [0.15, 0.2) is 48.5 Å². The second-order valence-corrected chi connectivity index (χ2v) is 9.26. The molecule has 1 atom stereocenters. The van der Waals surface area contributed by atoms with Crippen molar-refractivity contribution in [3.63, 3.8) is 0 Å². The first kappa shape index (κ1) is 20.3. The molecule has 162 valence electrons. The Morgan fingerprint density at radius 1 is 0.968 bits per heavy atom. The van der Waals surface area contributed by atoms with Crippen LogP contribution in [0.1, 0.15) is 74.2 Å². The van der Waals surface area contributed by atoms with Gasteiger partial charge in [-0.25, -0.2) is 0 Å². The number of hydrogen-bond acceptors (Lipinski definition) is 2. The first-order valence-electron chi connectivity index (χ1n) is 12.0. The van der Waals surface area contributed by atoms with Gasteiger partial charge in [0.25, 0.3) is 0 Å². The molecule has 2 aliphatic carbocycles. The van der Waals surface area contributed by atoms with Gasteiger partial charge in [0.05, 0.1) is 0 Å². The zero-order chi connectivity index (χ0) is 21.0. The van der Waals surface area contributed by atoms with Gasteiger partial charge < -0.3 is 15.6 Å². The van der Waals surface area contributed by atoms with E-state index in [-0.39, 0.29) is 5.91 Å². The van der Waals surface area contributed by atoms with Crippen LogP contribution in [0.5, 0.6) is 0 Å². The van der Waals surface area contributed by atoms with E-state index < -0.39 is 0 Å². The Hall–Kier alpha value is -2.59. The van der Waals surface area contributed by atoms with E-state index in [9.17, 15) is 4.79 Å². The van der Waals surface area contributed by atoms with Crippen molar-refractivity contribution in [2.45, 2.75) is 76.3 Å². The number of carbonyl (C=O) groups is 1. The van der Waals surface area contributed by atoms with Crippen molar-refractivity contribution in [3.8, 4) is 0 Å². The van der Waals surface area contributed by atoms with Crippen LogP contribution in [0, 0.1) is 0 Å². The number of H-pyrrole nitrogens is 1. The first-order valence-corrected chi connectivity index (χ1v) is 12.0. The lowest BCUT2D eigenvalue weighted by molar-refractivity contribution is -0.116. The Kier molecular flexibility index (Phi) is 6.08. The summed E-state index contributed by atoms with van der Waals surface area (Å²) < 4.78 is 0. The highest BCUT2D eigenvalue weighted by Crippen LogP contribution is 2.36. The standard InChI is InChI=1S/C27H33N3O/c31-26(17-14-19-8-3-1-4-9-19)29-21-15-16-24-23(18-21)22-12-7-13-25(27(22)30-24)28-20-10-5-2-6-11-20/h1,3-4,8-9,15-16,18,20,25,28,30H,2,5-7,10-14,17H2,(H,29,31). The lowest BCUT2D eigenvalue weighted by Crippen LogP contribution is -2.36. The van der Waals surface area contributed by atoms with Crippen LogP contribution in [0.4, 0.5) is 5.69 Å².